The van der Waals surface area contributed by atoms with E-state index >= 15 is 0 Å². The highest BCUT2D eigenvalue weighted by atomic mass is 16.5. The number of aromatic nitrogens is 1. The van der Waals surface area contributed by atoms with Crippen LogP contribution in [0.15, 0.2) is 18.2 Å². The summed E-state index contributed by atoms with van der Waals surface area (Å²) in [5.41, 5.74) is 2.76. The van der Waals surface area contributed by atoms with E-state index in [2.05, 4.69) is 0 Å². The van der Waals surface area contributed by atoms with E-state index < -0.39 is 0 Å². The molecule has 2 aromatic rings. The lowest BCUT2D eigenvalue weighted by Crippen LogP contribution is -2.23. The normalized spacial score (nSPS) is 11.9. The van der Waals surface area contributed by atoms with Crippen molar-refractivity contribution in [3.8, 4) is 5.75 Å². The number of rotatable bonds is 1. The zero-order chi connectivity index (χ0) is 14.4. The average molecular weight is 259 g/mol. The fourth-order valence-electron chi connectivity index (χ4n) is 2.39. The molecule has 0 saturated heterocycles. The number of aryl methyl sites for hydroxylation is 2. The quantitative estimate of drug-likeness (QED) is 0.772. The summed E-state index contributed by atoms with van der Waals surface area (Å²) in [5, 5.41) is 1.08. The van der Waals surface area contributed by atoms with Gasteiger partial charge in [0.1, 0.15) is 11.4 Å². The Bertz CT molecular complexity index is 645. The minimum atomic E-state index is -0.226. The molecule has 0 atom stereocenters. The summed E-state index contributed by atoms with van der Waals surface area (Å²) in [5.74, 6) is 0.914. The highest BCUT2D eigenvalue weighted by Gasteiger charge is 2.17. The maximum atomic E-state index is 11.7. The van der Waals surface area contributed by atoms with E-state index in [0.717, 1.165) is 27.9 Å². The fourth-order valence-corrected chi connectivity index (χ4v) is 2.39. The van der Waals surface area contributed by atoms with Crippen molar-refractivity contribution in [1.29, 1.82) is 0 Å². The zero-order valence-corrected chi connectivity index (χ0v) is 12.5. The number of nitrogens with zero attached hydrogens (tertiary/aromatic N) is 1. The van der Waals surface area contributed by atoms with E-state index in [9.17, 15) is 4.79 Å². The van der Waals surface area contributed by atoms with Crippen molar-refractivity contribution in [3.05, 3.63) is 29.5 Å². The second-order valence-electron chi connectivity index (χ2n) is 5.98. The molecular formula is C16H21NO2. The Kier molecular flexibility index (Phi) is 3.17. The molecular weight excluding hydrogens is 238 g/mol. The van der Waals surface area contributed by atoms with Gasteiger partial charge in [0.25, 0.3) is 0 Å². The van der Waals surface area contributed by atoms with Crippen molar-refractivity contribution >= 4 is 16.8 Å². The van der Waals surface area contributed by atoms with Crippen LogP contribution in [0.1, 0.15) is 43.7 Å². The minimum Gasteiger partial charge on any atom is -0.488 e. The van der Waals surface area contributed by atoms with E-state index in [0.29, 0.717) is 0 Å². The van der Waals surface area contributed by atoms with E-state index in [-0.39, 0.29) is 11.5 Å². The molecule has 0 aliphatic heterocycles. The van der Waals surface area contributed by atoms with E-state index in [1.54, 1.807) is 11.5 Å². The lowest BCUT2D eigenvalue weighted by molar-refractivity contribution is 0.0939. The van der Waals surface area contributed by atoms with Crippen molar-refractivity contribution in [2.75, 3.05) is 0 Å². The number of benzene rings is 1. The van der Waals surface area contributed by atoms with Gasteiger partial charge in [-0.25, -0.2) is 0 Å². The van der Waals surface area contributed by atoms with Crippen LogP contribution >= 0.6 is 0 Å². The van der Waals surface area contributed by atoms with Gasteiger partial charge in [-0.15, -0.1) is 0 Å². The van der Waals surface area contributed by atoms with Crippen LogP contribution in [0, 0.1) is 13.8 Å². The Morgan fingerprint density at radius 3 is 2.37 bits per heavy atom. The number of ether oxygens (including phenoxy) is 1. The van der Waals surface area contributed by atoms with Crippen molar-refractivity contribution in [2.24, 2.45) is 0 Å². The molecule has 1 aromatic carbocycles. The largest absolute Gasteiger partial charge is 0.488 e. The molecule has 0 radical (unpaired) electrons. The van der Waals surface area contributed by atoms with Crippen LogP contribution in [0.25, 0.3) is 10.9 Å². The zero-order valence-electron chi connectivity index (χ0n) is 12.5. The molecule has 0 spiro atoms. The number of fused-ring (bicyclic) bond motifs is 1. The van der Waals surface area contributed by atoms with Gasteiger partial charge < -0.3 is 4.74 Å². The number of hydrogen-bond acceptors (Lipinski definition) is 2. The lowest BCUT2D eigenvalue weighted by Gasteiger charge is -2.23. The summed E-state index contributed by atoms with van der Waals surface area (Å²) in [6.45, 7) is 11.7. The van der Waals surface area contributed by atoms with E-state index in [1.807, 2.05) is 52.8 Å². The molecule has 3 heteroatoms. The molecule has 1 aromatic heterocycles. The summed E-state index contributed by atoms with van der Waals surface area (Å²) >= 11 is 0. The molecule has 0 bridgehead atoms. The third-order valence-electron chi connectivity index (χ3n) is 3.12. The van der Waals surface area contributed by atoms with Crippen LogP contribution in [0.2, 0.25) is 0 Å². The molecule has 0 aliphatic rings. The van der Waals surface area contributed by atoms with Crippen LogP contribution < -0.4 is 4.74 Å². The fraction of sp³-hybridized carbons (Fsp3) is 0.438. The van der Waals surface area contributed by atoms with Crippen molar-refractivity contribution < 1.29 is 9.53 Å². The number of carbonyl (C=O) groups is 1. The highest BCUT2D eigenvalue weighted by molar-refractivity contribution is 5.95. The maximum absolute atomic E-state index is 11.7. The van der Waals surface area contributed by atoms with Gasteiger partial charge >= 0.3 is 0 Å². The summed E-state index contributed by atoms with van der Waals surface area (Å²) < 4.78 is 7.70. The van der Waals surface area contributed by atoms with Gasteiger partial charge in [-0.05, 0) is 52.8 Å². The monoisotopic (exact) mass is 259 g/mol. The summed E-state index contributed by atoms with van der Waals surface area (Å²) in [4.78, 5) is 11.7. The number of carbonyl (C=O) groups excluding carboxylic acids is 1. The second kappa shape index (κ2) is 4.41. The first-order valence-electron chi connectivity index (χ1n) is 6.52. The predicted molar refractivity (Wildman–Crippen MR) is 78.1 cm³/mol. The Labute approximate surface area is 114 Å². The van der Waals surface area contributed by atoms with E-state index in [4.69, 9.17) is 4.74 Å². The average Bonchev–Trinajstić information content (AvgIpc) is 2.58. The summed E-state index contributed by atoms with van der Waals surface area (Å²) in [7, 11) is 0. The molecule has 2 rings (SSSR count). The topological polar surface area (TPSA) is 31.2 Å². The third kappa shape index (κ3) is 2.50. The maximum Gasteiger partial charge on any atom is 0.228 e. The van der Waals surface area contributed by atoms with Gasteiger partial charge in [0.2, 0.25) is 5.91 Å². The molecule has 0 amide bonds. The van der Waals surface area contributed by atoms with Gasteiger partial charge in [0, 0.05) is 23.6 Å². The Morgan fingerprint density at radius 2 is 1.84 bits per heavy atom. The van der Waals surface area contributed by atoms with Crippen LogP contribution in [-0.2, 0) is 0 Å². The Balaban J connectivity index is 2.64. The molecule has 0 unspecified atom stereocenters. The smallest absolute Gasteiger partial charge is 0.228 e. The second-order valence-corrected chi connectivity index (χ2v) is 5.98. The molecule has 0 fully saturated rings. The molecule has 0 aliphatic carbocycles. The molecule has 19 heavy (non-hydrogen) atoms. The van der Waals surface area contributed by atoms with Crippen LogP contribution in [0.3, 0.4) is 0 Å². The van der Waals surface area contributed by atoms with Crippen LogP contribution in [0.4, 0.5) is 0 Å². The van der Waals surface area contributed by atoms with Crippen LogP contribution in [-0.4, -0.2) is 16.1 Å². The standard InChI is InChI=1S/C16H21NO2/c1-10-9-13-11(2)15(19-16(4,5)6)8-7-14(13)17(10)12(3)18/h7-9H,1-6H3. The first kappa shape index (κ1) is 13.7. The molecule has 102 valence electrons. The molecule has 1 heterocycles. The Morgan fingerprint density at radius 1 is 1.21 bits per heavy atom. The molecule has 0 saturated carbocycles. The van der Waals surface area contributed by atoms with Gasteiger partial charge in [0.15, 0.2) is 0 Å². The highest BCUT2D eigenvalue weighted by Crippen LogP contribution is 2.31. The summed E-state index contributed by atoms with van der Waals surface area (Å²) in [6.07, 6.45) is 0. The van der Waals surface area contributed by atoms with Gasteiger partial charge in [-0.3, -0.25) is 9.36 Å². The van der Waals surface area contributed by atoms with Gasteiger partial charge in [0.05, 0.1) is 5.52 Å². The first-order chi connectivity index (χ1) is 8.70. The lowest BCUT2D eigenvalue weighted by atomic mass is 10.1. The number of hydrogen-bond donors (Lipinski definition) is 0. The predicted octanol–water partition coefficient (Wildman–Crippen LogP) is 4.10. The Hall–Kier alpha value is -1.77. The van der Waals surface area contributed by atoms with Crippen molar-refractivity contribution in [1.82, 2.24) is 4.57 Å². The minimum absolute atomic E-state index is 0.0383. The SMILES string of the molecule is CC(=O)n1c(C)cc2c(C)c(OC(C)(C)C)ccc21. The third-order valence-corrected chi connectivity index (χ3v) is 3.12. The molecule has 3 nitrogen and oxygen atoms in total. The van der Waals surface area contributed by atoms with E-state index in [1.165, 1.54) is 0 Å². The van der Waals surface area contributed by atoms with Gasteiger partial charge in [-0.2, -0.15) is 0 Å². The summed E-state index contributed by atoms with van der Waals surface area (Å²) in [6, 6.07) is 5.95. The molecule has 0 N–H and O–H groups in total. The van der Waals surface area contributed by atoms with Crippen molar-refractivity contribution in [3.63, 3.8) is 0 Å². The first-order valence-corrected chi connectivity index (χ1v) is 6.52. The van der Waals surface area contributed by atoms with Crippen molar-refractivity contribution in [2.45, 2.75) is 47.1 Å². The van der Waals surface area contributed by atoms with Gasteiger partial charge in [-0.1, -0.05) is 0 Å². The van der Waals surface area contributed by atoms with Crippen LogP contribution in [0.5, 0.6) is 5.75 Å².